The SMILES string of the molecule is CCC(CSC)N(C)S(=O)(=O)c1ccc(CN)cc1OC. The smallest absolute Gasteiger partial charge is 0.246 e. The first-order chi connectivity index (χ1) is 9.92. The predicted molar refractivity (Wildman–Crippen MR) is 88.3 cm³/mol. The maximum atomic E-state index is 12.8. The van der Waals surface area contributed by atoms with Gasteiger partial charge < -0.3 is 10.5 Å². The van der Waals surface area contributed by atoms with Crippen LogP contribution < -0.4 is 10.5 Å². The van der Waals surface area contributed by atoms with Crippen LogP contribution in [0.3, 0.4) is 0 Å². The highest BCUT2D eigenvalue weighted by atomic mass is 32.2. The Hall–Kier alpha value is -0.760. The largest absolute Gasteiger partial charge is 0.495 e. The van der Waals surface area contributed by atoms with Crippen LogP contribution in [0.4, 0.5) is 0 Å². The molecule has 2 N–H and O–H groups in total. The molecule has 21 heavy (non-hydrogen) atoms. The molecule has 0 radical (unpaired) electrons. The molecule has 0 amide bonds. The molecule has 0 saturated heterocycles. The van der Waals surface area contributed by atoms with Crippen molar-refractivity contribution in [2.45, 2.75) is 30.8 Å². The highest BCUT2D eigenvalue weighted by Gasteiger charge is 2.29. The lowest BCUT2D eigenvalue weighted by atomic mass is 10.2. The number of sulfonamides is 1. The van der Waals surface area contributed by atoms with Gasteiger partial charge in [-0.25, -0.2) is 8.42 Å². The molecule has 0 aliphatic rings. The lowest BCUT2D eigenvalue weighted by molar-refractivity contribution is 0.374. The van der Waals surface area contributed by atoms with E-state index in [0.717, 1.165) is 17.7 Å². The molecule has 0 aliphatic heterocycles. The first-order valence-corrected chi connectivity index (χ1v) is 9.59. The molecule has 1 aromatic rings. The predicted octanol–water partition coefficient (Wildman–Crippen LogP) is 1.92. The summed E-state index contributed by atoms with van der Waals surface area (Å²) in [6.45, 7) is 2.33. The van der Waals surface area contributed by atoms with Gasteiger partial charge in [0.25, 0.3) is 0 Å². The molecular weight excluding hydrogens is 308 g/mol. The van der Waals surface area contributed by atoms with E-state index in [1.54, 1.807) is 37.0 Å². The van der Waals surface area contributed by atoms with Crippen LogP contribution in [0.5, 0.6) is 5.75 Å². The van der Waals surface area contributed by atoms with Gasteiger partial charge in [0.05, 0.1) is 7.11 Å². The van der Waals surface area contributed by atoms with Crippen molar-refractivity contribution in [2.75, 3.05) is 26.2 Å². The maximum absolute atomic E-state index is 12.8. The molecule has 0 heterocycles. The van der Waals surface area contributed by atoms with E-state index in [9.17, 15) is 8.42 Å². The third kappa shape index (κ3) is 4.12. The molecule has 0 fully saturated rings. The van der Waals surface area contributed by atoms with Gasteiger partial charge in [-0.3, -0.25) is 0 Å². The van der Waals surface area contributed by atoms with E-state index in [-0.39, 0.29) is 10.9 Å². The fourth-order valence-electron chi connectivity index (χ4n) is 2.08. The average molecular weight is 332 g/mol. The van der Waals surface area contributed by atoms with Crippen molar-refractivity contribution in [3.8, 4) is 5.75 Å². The molecule has 1 atom stereocenters. The van der Waals surface area contributed by atoms with E-state index in [2.05, 4.69) is 0 Å². The molecule has 120 valence electrons. The summed E-state index contributed by atoms with van der Waals surface area (Å²) in [6.07, 6.45) is 2.74. The van der Waals surface area contributed by atoms with E-state index in [1.807, 2.05) is 13.2 Å². The van der Waals surface area contributed by atoms with Crippen molar-refractivity contribution in [3.63, 3.8) is 0 Å². The Labute approximate surface area is 131 Å². The Morgan fingerprint density at radius 1 is 1.43 bits per heavy atom. The monoisotopic (exact) mass is 332 g/mol. The van der Waals surface area contributed by atoms with Gasteiger partial charge in [-0.1, -0.05) is 13.0 Å². The molecular formula is C14H24N2O3S2. The Balaban J connectivity index is 3.23. The van der Waals surface area contributed by atoms with Crippen LogP contribution >= 0.6 is 11.8 Å². The molecule has 0 spiro atoms. The van der Waals surface area contributed by atoms with Crippen molar-refractivity contribution in [1.29, 1.82) is 0 Å². The molecule has 5 nitrogen and oxygen atoms in total. The molecule has 7 heteroatoms. The second-order valence-corrected chi connectivity index (χ2v) is 7.60. The van der Waals surface area contributed by atoms with Crippen LogP contribution in [0.1, 0.15) is 18.9 Å². The minimum Gasteiger partial charge on any atom is -0.495 e. The third-order valence-corrected chi connectivity index (χ3v) is 6.13. The highest BCUT2D eigenvalue weighted by Crippen LogP contribution is 2.29. The topological polar surface area (TPSA) is 72.6 Å². The summed E-state index contributed by atoms with van der Waals surface area (Å²) >= 11 is 1.64. The Morgan fingerprint density at radius 3 is 2.57 bits per heavy atom. The van der Waals surface area contributed by atoms with E-state index in [0.29, 0.717) is 12.3 Å². The Morgan fingerprint density at radius 2 is 2.10 bits per heavy atom. The number of rotatable bonds is 8. The quantitative estimate of drug-likeness (QED) is 0.787. The highest BCUT2D eigenvalue weighted by molar-refractivity contribution is 7.98. The van der Waals surface area contributed by atoms with Gasteiger partial charge in [0, 0.05) is 25.4 Å². The fraction of sp³-hybridized carbons (Fsp3) is 0.571. The number of methoxy groups -OCH3 is 1. The number of benzene rings is 1. The summed E-state index contributed by atoms with van der Waals surface area (Å²) < 4.78 is 32.2. The normalized spacial score (nSPS) is 13.4. The molecule has 1 unspecified atom stereocenters. The van der Waals surface area contributed by atoms with E-state index in [1.165, 1.54) is 11.4 Å². The molecule has 0 saturated carbocycles. The fourth-order valence-corrected chi connectivity index (χ4v) is 4.58. The van der Waals surface area contributed by atoms with Crippen LogP contribution in [-0.4, -0.2) is 44.9 Å². The van der Waals surface area contributed by atoms with Crippen molar-refractivity contribution < 1.29 is 13.2 Å². The molecule has 0 bridgehead atoms. The summed E-state index contributed by atoms with van der Waals surface area (Å²) in [7, 11) is -0.499. The second kappa shape index (κ2) is 8.03. The lowest BCUT2D eigenvalue weighted by Gasteiger charge is -2.26. The van der Waals surface area contributed by atoms with E-state index >= 15 is 0 Å². The van der Waals surface area contributed by atoms with Gasteiger partial charge in [-0.05, 0) is 30.4 Å². The number of nitrogens with zero attached hydrogens (tertiary/aromatic N) is 1. The minimum atomic E-state index is -3.59. The Kier molecular flexibility index (Phi) is 6.99. The molecule has 1 rings (SSSR count). The van der Waals surface area contributed by atoms with Gasteiger partial charge in [0.2, 0.25) is 10.0 Å². The summed E-state index contributed by atoms with van der Waals surface area (Å²) in [5.41, 5.74) is 6.42. The van der Waals surface area contributed by atoms with Crippen LogP contribution in [0.15, 0.2) is 23.1 Å². The van der Waals surface area contributed by atoms with Gasteiger partial charge in [-0.2, -0.15) is 16.1 Å². The van der Waals surface area contributed by atoms with E-state index < -0.39 is 10.0 Å². The summed E-state index contributed by atoms with van der Waals surface area (Å²) in [4.78, 5) is 0.184. The number of hydrogen-bond acceptors (Lipinski definition) is 5. The summed E-state index contributed by atoms with van der Waals surface area (Å²) in [6, 6.07) is 4.93. The number of hydrogen-bond donors (Lipinski definition) is 1. The number of nitrogens with two attached hydrogens (primary N) is 1. The van der Waals surface area contributed by atoms with Gasteiger partial charge in [0.15, 0.2) is 0 Å². The van der Waals surface area contributed by atoms with Gasteiger partial charge >= 0.3 is 0 Å². The molecule has 1 aromatic carbocycles. The average Bonchev–Trinajstić information content (AvgIpc) is 2.50. The first kappa shape index (κ1) is 18.3. The number of thioether (sulfide) groups is 1. The molecule has 0 aliphatic carbocycles. The Bertz CT molecular complexity index is 561. The minimum absolute atomic E-state index is 0.0381. The first-order valence-electron chi connectivity index (χ1n) is 6.76. The number of ether oxygens (including phenoxy) is 1. The zero-order chi connectivity index (χ0) is 16.0. The maximum Gasteiger partial charge on any atom is 0.246 e. The molecule has 0 aromatic heterocycles. The van der Waals surface area contributed by atoms with Crippen LogP contribution in [-0.2, 0) is 16.6 Å². The van der Waals surface area contributed by atoms with Crippen molar-refractivity contribution in [1.82, 2.24) is 4.31 Å². The van der Waals surface area contributed by atoms with Crippen LogP contribution in [0, 0.1) is 0 Å². The second-order valence-electron chi connectivity index (χ2n) is 4.73. The van der Waals surface area contributed by atoms with E-state index in [4.69, 9.17) is 10.5 Å². The summed E-state index contributed by atoms with van der Waals surface area (Å²) in [5, 5.41) is 0. The standard InChI is InChI=1S/C14H24N2O3S2/c1-5-12(10-20-4)16(2)21(17,18)14-7-6-11(9-15)8-13(14)19-3/h6-8,12H,5,9-10,15H2,1-4H3. The zero-order valence-electron chi connectivity index (χ0n) is 13.0. The third-order valence-electron chi connectivity index (χ3n) is 3.47. The van der Waals surface area contributed by atoms with Crippen LogP contribution in [0.2, 0.25) is 0 Å². The van der Waals surface area contributed by atoms with Gasteiger partial charge in [-0.15, -0.1) is 0 Å². The van der Waals surface area contributed by atoms with Crippen LogP contribution in [0.25, 0.3) is 0 Å². The lowest BCUT2D eigenvalue weighted by Crippen LogP contribution is -2.38. The van der Waals surface area contributed by atoms with Crippen molar-refractivity contribution in [3.05, 3.63) is 23.8 Å². The van der Waals surface area contributed by atoms with Crippen molar-refractivity contribution >= 4 is 21.8 Å². The van der Waals surface area contributed by atoms with Gasteiger partial charge in [0.1, 0.15) is 10.6 Å². The zero-order valence-corrected chi connectivity index (χ0v) is 14.6. The van der Waals surface area contributed by atoms with Crippen molar-refractivity contribution in [2.24, 2.45) is 5.73 Å². The summed E-state index contributed by atoms with van der Waals surface area (Å²) in [5.74, 6) is 1.10.